The van der Waals surface area contributed by atoms with E-state index in [1.165, 1.54) is 6.42 Å². The summed E-state index contributed by atoms with van der Waals surface area (Å²) in [4.78, 5) is 16.1. The van der Waals surface area contributed by atoms with E-state index in [0.29, 0.717) is 17.6 Å². The number of amides is 1. The Hall–Kier alpha value is -1.56. The van der Waals surface area contributed by atoms with E-state index >= 15 is 0 Å². The molecule has 0 spiro atoms. The second kappa shape index (κ2) is 4.75. The Labute approximate surface area is 101 Å². The van der Waals surface area contributed by atoms with Crippen molar-refractivity contribution < 1.29 is 4.79 Å². The number of likely N-dealkylation sites (N-methyl/N-ethyl adjacent to an activating group) is 2. The van der Waals surface area contributed by atoms with Gasteiger partial charge in [-0.3, -0.25) is 9.89 Å². The zero-order valence-corrected chi connectivity index (χ0v) is 10.3. The molecule has 1 unspecified atom stereocenters. The summed E-state index contributed by atoms with van der Waals surface area (Å²) in [7, 11) is 3.91. The number of carbonyl (C=O) groups is 1. The van der Waals surface area contributed by atoms with Crippen molar-refractivity contribution in [1.82, 2.24) is 20.0 Å². The van der Waals surface area contributed by atoms with Crippen LogP contribution in [0.15, 0.2) is 6.07 Å². The summed E-state index contributed by atoms with van der Waals surface area (Å²) in [5, 5.41) is 6.40. The number of hydrogen-bond acceptors (Lipinski definition) is 4. The topological polar surface area (TPSA) is 78.2 Å². The van der Waals surface area contributed by atoms with Gasteiger partial charge in [0.1, 0.15) is 11.5 Å². The number of aromatic nitrogens is 2. The van der Waals surface area contributed by atoms with Crippen LogP contribution in [0, 0.1) is 0 Å². The predicted molar refractivity (Wildman–Crippen MR) is 65.6 cm³/mol. The van der Waals surface area contributed by atoms with Crippen LogP contribution in [0.5, 0.6) is 0 Å². The molecule has 0 aliphatic carbocycles. The molecule has 94 valence electrons. The highest BCUT2D eigenvalue weighted by Crippen LogP contribution is 2.16. The smallest absolute Gasteiger partial charge is 0.271 e. The molecule has 3 N–H and O–H groups in total. The molecule has 6 nitrogen and oxygen atoms in total. The van der Waals surface area contributed by atoms with Crippen molar-refractivity contribution in [2.24, 2.45) is 0 Å². The fraction of sp³-hybridized carbons (Fsp3) is 0.636. The highest BCUT2D eigenvalue weighted by atomic mass is 16.2. The van der Waals surface area contributed by atoms with Crippen LogP contribution in [0.2, 0.25) is 0 Å². The minimum atomic E-state index is -0.0606. The molecule has 2 rings (SSSR count). The first-order valence-electron chi connectivity index (χ1n) is 5.84. The molecule has 0 aromatic carbocycles. The molecule has 1 atom stereocenters. The Morgan fingerprint density at radius 1 is 1.76 bits per heavy atom. The summed E-state index contributed by atoms with van der Waals surface area (Å²) < 4.78 is 0. The molecule has 0 saturated carbocycles. The molecule has 1 amide bonds. The van der Waals surface area contributed by atoms with Gasteiger partial charge in [-0.05, 0) is 26.4 Å². The van der Waals surface area contributed by atoms with Gasteiger partial charge in [-0.15, -0.1) is 0 Å². The first-order chi connectivity index (χ1) is 8.08. The molecule has 1 aromatic heterocycles. The Morgan fingerprint density at radius 2 is 2.53 bits per heavy atom. The number of anilines is 1. The van der Waals surface area contributed by atoms with E-state index in [1.54, 1.807) is 11.0 Å². The maximum Gasteiger partial charge on any atom is 0.271 e. The van der Waals surface area contributed by atoms with Crippen LogP contribution >= 0.6 is 0 Å². The zero-order valence-electron chi connectivity index (χ0n) is 10.3. The molecule has 0 bridgehead atoms. The predicted octanol–water partition coefficient (Wildman–Crippen LogP) is 0.158. The number of aromatic amines is 1. The lowest BCUT2D eigenvalue weighted by Crippen LogP contribution is -2.39. The van der Waals surface area contributed by atoms with Crippen LogP contribution in [0.4, 0.5) is 5.82 Å². The monoisotopic (exact) mass is 237 g/mol. The quantitative estimate of drug-likeness (QED) is 0.785. The number of nitrogens with one attached hydrogen (secondary N) is 1. The van der Waals surface area contributed by atoms with Gasteiger partial charge in [0.15, 0.2) is 0 Å². The van der Waals surface area contributed by atoms with Crippen molar-refractivity contribution in [1.29, 1.82) is 0 Å². The van der Waals surface area contributed by atoms with Gasteiger partial charge in [-0.25, -0.2) is 0 Å². The van der Waals surface area contributed by atoms with E-state index in [2.05, 4.69) is 22.1 Å². The van der Waals surface area contributed by atoms with Crippen LogP contribution in [-0.2, 0) is 0 Å². The van der Waals surface area contributed by atoms with Crippen LogP contribution in [0.1, 0.15) is 23.3 Å². The summed E-state index contributed by atoms with van der Waals surface area (Å²) in [5.74, 6) is 0.286. The molecule has 17 heavy (non-hydrogen) atoms. The van der Waals surface area contributed by atoms with Gasteiger partial charge < -0.3 is 15.5 Å². The molecule has 1 saturated heterocycles. The Balaban J connectivity index is 1.95. The third-order valence-electron chi connectivity index (χ3n) is 3.33. The van der Waals surface area contributed by atoms with Gasteiger partial charge in [0, 0.05) is 25.7 Å². The lowest BCUT2D eigenvalue weighted by Gasteiger charge is -2.25. The summed E-state index contributed by atoms with van der Waals surface area (Å²) in [6, 6.07) is 2.03. The molecular formula is C11H19N5O. The van der Waals surface area contributed by atoms with Crippen LogP contribution in [0.25, 0.3) is 0 Å². The fourth-order valence-electron chi connectivity index (χ4n) is 2.26. The number of rotatable bonds is 3. The molecule has 2 heterocycles. The molecule has 1 aliphatic heterocycles. The molecule has 1 fully saturated rings. The highest BCUT2D eigenvalue weighted by Gasteiger charge is 2.24. The average molecular weight is 237 g/mol. The first kappa shape index (κ1) is 11.9. The molecule has 1 aromatic rings. The van der Waals surface area contributed by atoms with Crippen LogP contribution in [-0.4, -0.2) is 59.1 Å². The third kappa shape index (κ3) is 2.58. The molecular weight excluding hydrogens is 218 g/mol. The average Bonchev–Trinajstić information content (AvgIpc) is 2.88. The highest BCUT2D eigenvalue weighted by molar-refractivity contribution is 5.92. The van der Waals surface area contributed by atoms with Crippen LogP contribution in [0.3, 0.4) is 0 Å². The Kier molecular flexibility index (Phi) is 3.33. The number of likely N-dealkylation sites (tertiary alicyclic amines) is 1. The molecule has 1 aliphatic rings. The minimum Gasteiger partial charge on any atom is -0.382 e. The van der Waals surface area contributed by atoms with E-state index in [4.69, 9.17) is 5.73 Å². The van der Waals surface area contributed by atoms with Gasteiger partial charge in [-0.2, -0.15) is 5.10 Å². The number of nitrogens with zero attached hydrogens (tertiary/aromatic N) is 3. The van der Waals surface area contributed by atoms with Crippen molar-refractivity contribution in [3.63, 3.8) is 0 Å². The maximum atomic E-state index is 12.0. The zero-order chi connectivity index (χ0) is 12.4. The summed E-state index contributed by atoms with van der Waals surface area (Å²) >= 11 is 0. The standard InChI is InChI=1S/C11H19N5O/c1-15-5-3-4-8(15)7-16(2)11(17)9-6-10(12)14-13-9/h6,8H,3-5,7H2,1-2H3,(H3,12,13,14). The number of hydrogen-bond donors (Lipinski definition) is 2. The van der Waals surface area contributed by atoms with E-state index in [0.717, 1.165) is 19.5 Å². The number of nitrogens with two attached hydrogens (primary N) is 1. The van der Waals surface area contributed by atoms with Crippen molar-refractivity contribution >= 4 is 11.7 Å². The fourth-order valence-corrected chi connectivity index (χ4v) is 2.26. The second-order valence-electron chi connectivity index (χ2n) is 4.67. The summed E-state index contributed by atoms with van der Waals surface area (Å²) in [6.45, 7) is 1.86. The normalized spacial score (nSPS) is 20.7. The Morgan fingerprint density at radius 3 is 3.06 bits per heavy atom. The van der Waals surface area contributed by atoms with Gasteiger partial charge in [-0.1, -0.05) is 0 Å². The van der Waals surface area contributed by atoms with Crippen molar-refractivity contribution in [3.8, 4) is 0 Å². The minimum absolute atomic E-state index is 0.0606. The lowest BCUT2D eigenvalue weighted by molar-refractivity contribution is 0.0755. The number of carbonyl (C=O) groups excluding carboxylic acids is 1. The largest absolute Gasteiger partial charge is 0.382 e. The number of nitrogen functional groups attached to an aromatic ring is 1. The SMILES string of the molecule is CN(CC1CCCN1C)C(=O)c1cc(N)n[nH]1. The van der Waals surface area contributed by atoms with Gasteiger partial charge in [0.25, 0.3) is 5.91 Å². The maximum absolute atomic E-state index is 12.0. The van der Waals surface area contributed by atoms with Crippen molar-refractivity contribution in [3.05, 3.63) is 11.8 Å². The van der Waals surface area contributed by atoms with E-state index in [9.17, 15) is 4.79 Å². The summed E-state index contributed by atoms with van der Waals surface area (Å²) in [5.41, 5.74) is 5.93. The molecule has 6 heteroatoms. The van der Waals surface area contributed by atoms with Gasteiger partial charge in [0.05, 0.1) is 0 Å². The van der Waals surface area contributed by atoms with E-state index in [1.807, 2.05) is 7.05 Å². The van der Waals surface area contributed by atoms with Gasteiger partial charge in [0.2, 0.25) is 0 Å². The van der Waals surface area contributed by atoms with E-state index in [-0.39, 0.29) is 5.91 Å². The third-order valence-corrected chi connectivity index (χ3v) is 3.33. The lowest BCUT2D eigenvalue weighted by atomic mass is 10.2. The second-order valence-corrected chi connectivity index (χ2v) is 4.67. The number of H-pyrrole nitrogens is 1. The first-order valence-corrected chi connectivity index (χ1v) is 5.84. The van der Waals surface area contributed by atoms with Crippen molar-refractivity contribution in [2.45, 2.75) is 18.9 Å². The van der Waals surface area contributed by atoms with E-state index < -0.39 is 0 Å². The Bertz CT molecular complexity index is 402. The van der Waals surface area contributed by atoms with Crippen molar-refractivity contribution in [2.75, 3.05) is 32.9 Å². The molecule has 0 radical (unpaired) electrons. The van der Waals surface area contributed by atoms with Gasteiger partial charge >= 0.3 is 0 Å². The summed E-state index contributed by atoms with van der Waals surface area (Å²) in [6.07, 6.45) is 2.36. The van der Waals surface area contributed by atoms with Crippen LogP contribution < -0.4 is 5.73 Å².